The quantitative estimate of drug-likeness (QED) is 0.671. The zero-order valence-electron chi connectivity index (χ0n) is 9.42. The fourth-order valence-electron chi connectivity index (χ4n) is 3.43. The number of hydrogen-bond acceptors (Lipinski definition) is 2. The summed E-state index contributed by atoms with van der Waals surface area (Å²) in [5.74, 6) is 2.14. The Kier molecular flexibility index (Phi) is 2.85. The third kappa shape index (κ3) is 1.96. The Bertz CT molecular complexity index is 188. The van der Waals surface area contributed by atoms with Crippen LogP contribution < -0.4 is 5.32 Å². The highest BCUT2D eigenvalue weighted by molar-refractivity contribution is 4.96. The van der Waals surface area contributed by atoms with Crippen molar-refractivity contribution in [3.8, 4) is 0 Å². The van der Waals surface area contributed by atoms with Gasteiger partial charge >= 0.3 is 0 Å². The van der Waals surface area contributed by atoms with Crippen LogP contribution in [0.2, 0.25) is 0 Å². The fraction of sp³-hybridized carbons (Fsp3) is 1.00. The summed E-state index contributed by atoms with van der Waals surface area (Å²) in [6.07, 6.45) is 4.75. The second-order valence-electron chi connectivity index (χ2n) is 5.64. The Morgan fingerprint density at radius 2 is 1.79 bits per heavy atom. The Morgan fingerprint density at radius 1 is 1.14 bits per heavy atom. The molecule has 0 bridgehead atoms. The number of hydrogen-bond donors (Lipinski definition) is 2. The van der Waals surface area contributed by atoms with Crippen molar-refractivity contribution < 1.29 is 5.11 Å². The number of aliphatic hydroxyl groups is 1. The van der Waals surface area contributed by atoms with E-state index in [9.17, 15) is 5.11 Å². The van der Waals surface area contributed by atoms with Crippen LogP contribution in [0.25, 0.3) is 0 Å². The molecule has 2 aliphatic rings. The summed E-state index contributed by atoms with van der Waals surface area (Å²) in [6.45, 7) is 6.47. The maximum Gasteiger partial charge on any atom is 0.0811 e. The van der Waals surface area contributed by atoms with Gasteiger partial charge in [0.25, 0.3) is 0 Å². The molecule has 0 aromatic rings. The maximum atomic E-state index is 10.5. The van der Waals surface area contributed by atoms with E-state index in [-0.39, 0.29) is 5.60 Å². The van der Waals surface area contributed by atoms with Gasteiger partial charge in [0.15, 0.2) is 0 Å². The molecule has 2 fully saturated rings. The van der Waals surface area contributed by atoms with Crippen molar-refractivity contribution in [1.82, 2.24) is 5.32 Å². The van der Waals surface area contributed by atoms with Crippen molar-refractivity contribution in [3.63, 3.8) is 0 Å². The highest BCUT2D eigenvalue weighted by Crippen LogP contribution is 2.40. The minimum absolute atomic E-state index is 0.386. The molecule has 1 saturated heterocycles. The average Bonchev–Trinajstić information content (AvgIpc) is 2.52. The van der Waals surface area contributed by atoms with Crippen LogP contribution in [-0.2, 0) is 0 Å². The minimum atomic E-state index is -0.386. The number of β-amino-alcohol motifs (C(OH)–C–C–N with tert-alkyl or cyclic N) is 1. The van der Waals surface area contributed by atoms with Gasteiger partial charge in [0, 0.05) is 6.54 Å². The van der Waals surface area contributed by atoms with Gasteiger partial charge in [-0.3, -0.25) is 0 Å². The molecule has 0 aromatic heterocycles. The van der Waals surface area contributed by atoms with E-state index in [2.05, 4.69) is 19.2 Å². The maximum absolute atomic E-state index is 10.5. The van der Waals surface area contributed by atoms with E-state index < -0.39 is 0 Å². The van der Waals surface area contributed by atoms with E-state index in [0.29, 0.717) is 5.92 Å². The second kappa shape index (κ2) is 3.82. The molecule has 3 atom stereocenters. The lowest BCUT2D eigenvalue weighted by atomic mass is 9.69. The zero-order chi connectivity index (χ0) is 10.2. The first-order valence-corrected chi connectivity index (χ1v) is 6.03. The average molecular weight is 197 g/mol. The van der Waals surface area contributed by atoms with E-state index >= 15 is 0 Å². The summed E-state index contributed by atoms with van der Waals surface area (Å²) in [7, 11) is 0. The van der Waals surface area contributed by atoms with Crippen LogP contribution in [-0.4, -0.2) is 23.8 Å². The van der Waals surface area contributed by atoms with Gasteiger partial charge in [-0.15, -0.1) is 0 Å². The molecule has 2 rings (SSSR count). The van der Waals surface area contributed by atoms with Crippen LogP contribution in [0.5, 0.6) is 0 Å². The lowest BCUT2D eigenvalue weighted by Crippen LogP contribution is -2.43. The molecule has 2 heteroatoms. The molecule has 0 spiro atoms. The third-order valence-electron chi connectivity index (χ3n) is 4.10. The molecule has 14 heavy (non-hydrogen) atoms. The van der Waals surface area contributed by atoms with Crippen molar-refractivity contribution >= 4 is 0 Å². The van der Waals surface area contributed by atoms with Gasteiger partial charge in [-0.2, -0.15) is 0 Å². The van der Waals surface area contributed by atoms with Crippen LogP contribution >= 0.6 is 0 Å². The molecule has 1 saturated carbocycles. The number of rotatable bonds is 1. The van der Waals surface area contributed by atoms with E-state index in [1.807, 2.05) is 0 Å². The first kappa shape index (κ1) is 10.4. The highest BCUT2D eigenvalue weighted by atomic mass is 16.3. The van der Waals surface area contributed by atoms with Crippen LogP contribution in [0.3, 0.4) is 0 Å². The van der Waals surface area contributed by atoms with Crippen molar-refractivity contribution in [1.29, 1.82) is 0 Å². The third-order valence-corrected chi connectivity index (χ3v) is 4.10. The molecule has 1 heterocycles. The van der Waals surface area contributed by atoms with Crippen molar-refractivity contribution in [2.75, 3.05) is 13.1 Å². The van der Waals surface area contributed by atoms with Gasteiger partial charge < -0.3 is 10.4 Å². The molecular weight excluding hydrogens is 174 g/mol. The molecule has 2 N–H and O–H groups in total. The lowest BCUT2D eigenvalue weighted by molar-refractivity contribution is -0.0321. The van der Waals surface area contributed by atoms with E-state index in [4.69, 9.17) is 0 Å². The second-order valence-corrected chi connectivity index (χ2v) is 5.64. The van der Waals surface area contributed by atoms with E-state index in [1.165, 1.54) is 19.3 Å². The van der Waals surface area contributed by atoms with Crippen LogP contribution in [0.1, 0.15) is 39.5 Å². The molecule has 3 unspecified atom stereocenters. The molecular formula is C12H23NO. The normalized spacial score (nSPS) is 49.5. The summed E-state index contributed by atoms with van der Waals surface area (Å²) in [5, 5.41) is 13.8. The predicted molar refractivity (Wildman–Crippen MR) is 58.1 cm³/mol. The lowest BCUT2D eigenvalue weighted by Gasteiger charge is -2.40. The van der Waals surface area contributed by atoms with Crippen molar-refractivity contribution in [3.05, 3.63) is 0 Å². The highest BCUT2D eigenvalue weighted by Gasteiger charge is 2.42. The smallest absolute Gasteiger partial charge is 0.0811 e. The SMILES string of the molecule is CC1CC(C)CC(C2(O)CCNC2)C1. The minimum Gasteiger partial charge on any atom is -0.388 e. The van der Waals surface area contributed by atoms with E-state index in [0.717, 1.165) is 31.3 Å². The monoisotopic (exact) mass is 197 g/mol. The summed E-state index contributed by atoms with van der Waals surface area (Å²) in [4.78, 5) is 0. The molecule has 82 valence electrons. The summed E-state index contributed by atoms with van der Waals surface area (Å²) in [5.41, 5.74) is -0.386. The van der Waals surface area contributed by atoms with Crippen LogP contribution in [0.4, 0.5) is 0 Å². The van der Waals surface area contributed by atoms with Gasteiger partial charge in [-0.1, -0.05) is 13.8 Å². The Morgan fingerprint density at radius 3 is 2.29 bits per heavy atom. The van der Waals surface area contributed by atoms with Gasteiger partial charge in [0.05, 0.1) is 5.60 Å². The largest absolute Gasteiger partial charge is 0.388 e. The molecule has 2 nitrogen and oxygen atoms in total. The summed E-state index contributed by atoms with van der Waals surface area (Å²) < 4.78 is 0. The molecule has 1 aliphatic carbocycles. The van der Waals surface area contributed by atoms with Crippen molar-refractivity contribution in [2.45, 2.75) is 45.1 Å². The number of nitrogens with one attached hydrogen (secondary N) is 1. The van der Waals surface area contributed by atoms with Gasteiger partial charge in [0.2, 0.25) is 0 Å². The summed E-state index contributed by atoms with van der Waals surface area (Å²) in [6, 6.07) is 0. The standard InChI is InChI=1S/C12H23NO/c1-9-5-10(2)7-11(6-9)12(14)3-4-13-8-12/h9-11,13-14H,3-8H2,1-2H3. The van der Waals surface area contributed by atoms with Crippen LogP contribution in [0.15, 0.2) is 0 Å². The molecule has 0 aromatic carbocycles. The van der Waals surface area contributed by atoms with Crippen molar-refractivity contribution in [2.24, 2.45) is 17.8 Å². The Balaban J connectivity index is 2.02. The van der Waals surface area contributed by atoms with E-state index in [1.54, 1.807) is 0 Å². The summed E-state index contributed by atoms with van der Waals surface area (Å²) >= 11 is 0. The predicted octanol–water partition coefficient (Wildman–Crippen LogP) is 1.78. The zero-order valence-corrected chi connectivity index (χ0v) is 9.42. The Hall–Kier alpha value is -0.0800. The first-order valence-electron chi connectivity index (χ1n) is 6.03. The molecule has 1 aliphatic heterocycles. The topological polar surface area (TPSA) is 32.3 Å². The Labute approximate surface area is 87.1 Å². The van der Waals surface area contributed by atoms with Gasteiger partial charge in [-0.05, 0) is 50.0 Å². The first-order chi connectivity index (χ1) is 6.60. The molecule has 0 radical (unpaired) electrons. The van der Waals surface area contributed by atoms with Gasteiger partial charge in [0.1, 0.15) is 0 Å². The van der Waals surface area contributed by atoms with Gasteiger partial charge in [-0.25, -0.2) is 0 Å². The van der Waals surface area contributed by atoms with Crippen LogP contribution in [0, 0.1) is 17.8 Å². The molecule has 0 amide bonds. The fourth-order valence-corrected chi connectivity index (χ4v) is 3.43.